The molecule has 106 valence electrons. The Bertz CT molecular complexity index is 592. The van der Waals surface area contributed by atoms with Crippen molar-refractivity contribution in [2.45, 2.75) is 40.5 Å². The van der Waals surface area contributed by atoms with E-state index in [-0.39, 0.29) is 5.91 Å². The lowest BCUT2D eigenvalue weighted by atomic mass is 10.1. The maximum absolute atomic E-state index is 12.0. The number of carbonyl (C=O) groups excluding carboxylic acids is 1. The van der Waals surface area contributed by atoms with Gasteiger partial charge in [-0.1, -0.05) is 6.07 Å². The summed E-state index contributed by atoms with van der Waals surface area (Å²) in [5, 5.41) is 3.99. The minimum atomic E-state index is 0.0421. The standard InChI is InChI=1S/C16H20N2OS/c1-10-7-11(2)9-14(8-10)18-15(19)5-6-16-17-12(3)13(4)20-16/h7-9H,5-6H2,1-4H3,(H,18,19). The Hall–Kier alpha value is -1.68. The molecule has 0 aliphatic heterocycles. The first-order valence-electron chi connectivity index (χ1n) is 6.75. The fourth-order valence-electron chi connectivity index (χ4n) is 2.14. The summed E-state index contributed by atoms with van der Waals surface area (Å²) < 4.78 is 0. The van der Waals surface area contributed by atoms with Gasteiger partial charge in [0.05, 0.1) is 10.7 Å². The summed E-state index contributed by atoms with van der Waals surface area (Å²) in [5.41, 5.74) is 4.26. The van der Waals surface area contributed by atoms with Crippen LogP contribution >= 0.6 is 11.3 Å². The largest absolute Gasteiger partial charge is 0.326 e. The molecule has 0 unspecified atom stereocenters. The second-order valence-corrected chi connectivity index (χ2v) is 6.46. The van der Waals surface area contributed by atoms with E-state index in [0.717, 1.165) is 27.5 Å². The third-order valence-corrected chi connectivity index (χ3v) is 4.28. The highest BCUT2D eigenvalue weighted by Gasteiger charge is 2.08. The van der Waals surface area contributed by atoms with Crippen molar-refractivity contribution in [1.29, 1.82) is 0 Å². The smallest absolute Gasteiger partial charge is 0.224 e. The van der Waals surface area contributed by atoms with E-state index in [1.165, 1.54) is 4.88 Å². The number of nitrogens with one attached hydrogen (secondary N) is 1. The topological polar surface area (TPSA) is 42.0 Å². The van der Waals surface area contributed by atoms with Crippen LogP contribution in [-0.4, -0.2) is 10.9 Å². The Balaban J connectivity index is 1.92. The Morgan fingerprint density at radius 2 is 1.80 bits per heavy atom. The van der Waals surface area contributed by atoms with E-state index in [1.54, 1.807) is 11.3 Å². The fourth-order valence-corrected chi connectivity index (χ4v) is 3.07. The number of hydrogen-bond acceptors (Lipinski definition) is 3. The summed E-state index contributed by atoms with van der Waals surface area (Å²) in [6.07, 6.45) is 1.18. The van der Waals surface area contributed by atoms with Crippen LogP contribution in [0.4, 0.5) is 5.69 Å². The van der Waals surface area contributed by atoms with Gasteiger partial charge in [-0.2, -0.15) is 0 Å². The van der Waals surface area contributed by atoms with Gasteiger partial charge in [-0.25, -0.2) is 4.98 Å². The van der Waals surface area contributed by atoms with Gasteiger partial charge in [0.25, 0.3) is 0 Å². The molecule has 0 saturated heterocycles. The molecule has 0 spiro atoms. The highest BCUT2D eigenvalue weighted by atomic mass is 32.1. The Morgan fingerprint density at radius 1 is 1.15 bits per heavy atom. The maximum atomic E-state index is 12.0. The number of thiazole rings is 1. The number of amides is 1. The predicted molar refractivity (Wildman–Crippen MR) is 84.5 cm³/mol. The molecule has 1 N–H and O–H groups in total. The molecule has 4 heteroatoms. The average Bonchev–Trinajstić information content (AvgIpc) is 2.65. The quantitative estimate of drug-likeness (QED) is 0.925. The Morgan fingerprint density at radius 3 is 2.35 bits per heavy atom. The summed E-state index contributed by atoms with van der Waals surface area (Å²) in [6, 6.07) is 6.07. The van der Waals surface area contributed by atoms with Crippen LogP contribution in [0.5, 0.6) is 0 Å². The number of anilines is 1. The lowest BCUT2D eigenvalue weighted by Crippen LogP contribution is -2.12. The molecule has 0 fully saturated rings. The molecule has 3 nitrogen and oxygen atoms in total. The van der Waals surface area contributed by atoms with Crippen molar-refractivity contribution < 1.29 is 4.79 Å². The van der Waals surface area contributed by atoms with Crippen LogP contribution in [0.2, 0.25) is 0 Å². The van der Waals surface area contributed by atoms with Crippen molar-refractivity contribution in [3.63, 3.8) is 0 Å². The summed E-state index contributed by atoms with van der Waals surface area (Å²) in [7, 11) is 0. The minimum Gasteiger partial charge on any atom is -0.326 e. The fraction of sp³-hybridized carbons (Fsp3) is 0.375. The number of carbonyl (C=O) groups is 1. The van der Waals surface area contributed by atoms with Crippen LogP contribution in [0.15, 0.2) is 18.2 Å². The normalized spacial score (nSPS) is 10.6. The second-order valence-electron chi connectivity index (χ2n) is 5.17. The van der Waals surface area contributed by atoms with E-state index in [1.807, 2.05) is 32.9 Å². The zero-order chi connectivity index (χ0) is 14.7. The molecule has 0 saturated carbocycles. The maximum Gasteiger partial charge on any atom is 0.224 e. The van der Waals surface area contributed by atoms with E-state index >= 15 is 0 Å². The summed E-state index contributed by atoms with van der Waals surface area (Å²) in [6.45, 7) is 8.13. The number of aromatic nitrogens is 1. The highest BCUT2D eigenvalue weighted by Crippen LogP contribution is 2.18. The summed E-state index contributed by atoms with van der Waals surface area (Å²) in [5.74, 6) is 0.0421. The van der Waals surface area contributed by atoms with E-state index in [0.29, 0.717) is 12.8 Å². The van der Waals surface area contributed by atoms with Crippen molar-refractivity contribution >= 4 is 22.9 Å². The Kier molecular flexibility index (Phi) is 4.55. The molecule has 1 aromatic carbocycles. The molecule has 20 heavy (non-hydrogen) atoms. The molecule has 1 aromatic heterocycles. The third kappa shape index (κ3) is 3.90. The van der Waals surface area contributed by atoms with Gasteiger partial charge in [0.15, 0.2) is 0 Å². The molecule has 0 atom stereocenters. The third-order valence-electron chi connectivity index (χ3n) is 3.14. The molecular weight excluding hydrogens is 268 g/mol. The van der Waals surface area contributed by atoms with Crippen LogP contribution in [-0.2, 0) is 11.2 Å². The van der Waals surface area contributed by atoms with Crippen LogP contribution in [0.1, 0.15) is 33.1 Å². The number of hydrogen-bond donors (Lipinski definition) is 1. The first kappa shape index (κ1) is 14.7. The number of benzene rings is 1. The Labute approximate surface area is 124 Å². The van der Waals surface area contributed by atoms with Crippen molar-refractivity contribution in [2.24, 2.45) is 0 Å². The van der Waals surface area contributed by atoms with E-state index < -0.39 is 0 Å². The summed E-state index contributed by atoms with van der Waals surface area (Å²) >= 11 is 1.68. The van der Waals surface area contributed by atoms with Crippen LogP contribution in [0.25, 0.3) is 0 Å². The predicted octanol–water partition coefficient (Wildman–Crippen LogP) is 3.95. The molecule has 2 aromatic rings. The van der Waals surface area contributed by atoms with Gasteiger partial charge in [-0.3, -0.25) is 4.79 Å². The van der Waals surface area contributed by atoms with E-state index in [9.17, 15) is 4.79 Å². The molecule has 1 amide bonds. The first-order valence-corrected chi connectivity index (χ1v) is 7.57. The monoisotopic (exact) mass is 288 g/mol. The number of rotatable bonds is 4. The van der Waals surface area contributed by atoms with Gasteiger partial charge in [-0.15, -0.1) is 11.3 Å². The minimum absolute atomic E-state index is 0.0421. The van der Waals surface area contributed by atoms with Crippen molar-refractivity contribution in [1.82, 2.24) is 4.98 Å². The lowest BCUT2D eigenvalue weighted by Gasteiger charge is -2.07. The number of nitrogens with zero attached hydrogens (tertiary/aromatic N) is 1. The second kappa shape index (κ2) is 6.18. The van der Waals surface area contributed by atoms with Crippen molar-refractivity contribution in [2.75, 3.05) is 5.32 Å². The molecular formula is C16H20N2OS. The highest BCUT2D eigenvalue weighted by molar-refractivity contribution is 7.11. The van der Waals surface area contributed by atoms with Gasteiger partial charge in [0.1, 0.15) is 0 Å². The lowest BCUT2D eigenvalue weighted by molar-refractivity contribution is -0.116. The van der Waals surface area contributed by atoms with Gasteiger partial charge in [-0.05, 0) is 51.0 Å². The SMILES string of the molecule is Cc1cc(C)cc(NC(=O)CCc2nc(C)c(C)s2)c1. The van der Waals surface area contributed by atoms with Crippen LogP contribution < -0.4 is 5.32 Å². The van der Waals surface area contributed by atoms with Gasteiger partial charge in [0, 0.05) is 23.4 Å². The molecule has 0 aliphatic carbocycles. The molecule has 0 aliphatic rings. The van der Waals surface area contributed by atoms with E-state index in [4.69, 9.17) is 0 Å². The zero-order valence-electron chi connectivity index (χ0n) is 12.4. The van der Waals surface area contributed by atoms with Gasteiger partial charge < -0.3 is 5.32 Å². The number of aryl methyl sites for hydroxylation is 5. The van der Waals surface area contributed by atoms with E-state index in [2.05, 4.69) is 23.3 Å². The zero-order valence-corrected chi connectivity index (χ0v) is 13.2. The van der Waals surface area contributed by atoms with Gasteiger partial charge in [0.2, 0.25) is 5.91 Å². The van der Waals surface area contributed by atoms with Gasteiger partial charge >= 0.3 is 0 Å². The molecule has 0 bridgehead atoms. The van der Waals surface area contributed by atoms with Crippen LogP contribution in [0, 0.1) is 27.7 Å². The summed E-state index contributed by atoms with van der Waals surface area (Å²) in [4.78, 5) is 17.7. The van der Waals surface area contributed by atoms with Crippen LogP contribution in [0.3, 0.4) is 0 Å². The van der Waals surface area contributed by atoms with Crippen molar-refractivity contribution in [3.05, 3.63) is 44.9 Å². The molecule has 0 radical (unpaired) electrons. The average molecular weight is 288 g/mol. The molecule has 1 heterocycles. The van der Waals surface area contributed by atoms with Crippen molar-refractivity contribution in [3.8, 4) is 0 Å². The first-order chi connectivity index (χ1) is 9.44. The molecule has 2 rings (SSSR count).